The molecule has 0 amide bonds. The molecule has 1 aromatic rings. The van der Waals surface area contributed by atoms with Crippen LogP contribution in [0.1, 0.15) is 36.0 Å². The minimum absolute atomic E-state index is 0.174. The van der Waals surface area contributed by atoms with Crippen molar-refractivity contribution in [1.82, 2.24) is 4.90 Å². The highest BCUT2D eigenvalue weighted by Crippen LogP contribution is 2.29. The fourth-order valence-corrected chi connectivity index (χ4v) is 3.42. The fraction of sp³-hybridized carbons (Fsp3) is 0.533. The molecule has 0 bridgehead atoms. The molecule has 3 rings (SSSR count). The maximum absolute atomic E-state index is 11.1. The molecule has 0 aliphatic carbocycles. The van der Waals surface area contributed by atoms with Gasteiger partial charge in [-0.3, -0.25) is 0 Å². The molecule has 1 aromatic carbocycles. The standard InChI is InChI=1S/C15H21N3O2/c16-14-4-3-10(9-13(14)15(19)20)17-11-5-7-18-6-1-2-12(18)8-11/h3-4,9,11-12,17H,1-2,5-8,16H2,(H,19,20). The number of benzene rings is 1. The number of anilines is 2. The van der Waals surface area contributed by atoms with Gasteiger partial charge in [0.05, 0.1) is 5.56 Å². The van der Waals surface area contributed by atoms with Crippen LogP contribution < -0.4 is 11.1 Å². The third kappa shape index (κ3) is 2.58. The number of nitrogen functional groups attached to an aromatic ring is 1. The van der Waals surface area contributed by atoms with Gasteiger partial charge in [0.25, 0.3) is 0 Å². The predicted molar refractivity (Wildman–Crippen MR) is 79.1 cm³/mol. The Hall–Kier alpha value is -1.75. The van der Waals surface area contributed by atoms with Crippen molar-refractivity contribution in [1.29, 1.82) is 0 Å². The summed E-state index contributed by atoms with van der Waals surface area (Å²) in [7, 11) is 0. The minimum atomic E-state index is -0.975. The average Bonchev–Trinajstić information content (AvgIpc) is 2.88. The quantitative estimate of drug-likeness (QED) is 0.735. The molecule has 2 unspecified atom stereocenters. The van der Waals surface area contributed by atoms with E-state index in [2.05, 4.69) is 10.2 Å². The molecular formula is C15H21N3O2. The molecule has 2 aliphatic heterocycles. The number of nitrogens with one attached hydrogen (secondary N) is 1. The molecule has 5 nitrogen and oxygen atoms in total. The lowest BCUT2D eigenvalue weighted by molar-refractivity contribution is 0.0698. The summed E-state index contributed by atoms with van der Waals surface area (Å²) in [5.41, 5.74) is 7.02. The lowest BCUT2D eigenvalue weighted by Crippen LogP contribution is -2.42. The zero-order valence-electron chi connectivity index (χ0n) is 11.5. The van der Waals surface area contributed by atoms with E-state index in [-0.39, 0.29) is 5.56 Å². The van der Waals surface area contributed by atoms with Crippen molar-refractivity contribution in [2.75, 3.05) is 24.1 Å². The highest BCUT2D eigenvalue weighted by atomic mass is 16.4. The summed E-state index contributed by atoms with van der Waals surface area (Å²) in [6.07, 6.45) is 4.86. The molecule has 2 fully saturated rings. The monoisotopic (exact) mass is 275 g/mol. The molecule has 0 aromatic heterocycles. The van der Waals surface area contributed by atoms with Crippen LogP contribution in [0.3, 0.4) is 0 Å². The number of rotatable bonds is 3. The normalized spacial score (nSPS) is 26.2. The SMILES string of the molecule is Nc1ccc(NC2CCN3CCCC3C2)cc1C(=O)O. The number of fused-ring (bicyclic) bond motifs is 1. The number of hydrogen-bond donors (Lipinski definition) is 3. The van der Waals surface area contributed by atoms with Crippen LogP contribution >= 0.6 is 0 Å². The summed E-state index contributed by atoms with van der Waals surface area (Å²) in [6.45, 7) is 2.38. The van der Waals surface area contributed by atoms with Crippen LogP contribution in [-0.2, 0) is 0 Å². The van der Waals surface area contributed by atoms with Crippen molar-refractivity contribution >= 4 is 17.3 Å². The molecule has 0 spiro atoms. The summed E-state index contributed by atoms with van der Waals surface area (Å²) in [5, 5.41) is 12.6. The van der Waals surface area contributed by atoms with Gasteiger partial charge < -0.3 is 21.1 Å². The Morgan fingerprint density at radius 3 is 3.00 bits per heavy atom. The highest BCUT2D eigenvalue weighted by Gasteiger charge is 2.31. The van der Waals surface area contributed by atoms with Crippen molar-refractivity contribution in [3.8, 4) is 0 Å². The van der Waals surface area contributed by atoms with E-state index >= 15 is 0 Å². The fourth-order valence-electron chi connectivity index (χ4n) is 3.42. The van der Waals surface area contributed by atoms with Gasteiger partial charge in [-0.25, -0.2) is 4.79 Å². The molecule has 4 N–H and O–H groups in total. The Bertz CT molecular complexity index is 518. The van der Waals surface area contributed by atoms with Gasteiger partial charge in [-0.1, -0.05) is 0 Å². The first-order valence-electron chi connectivity index (χ1n) is 7.27. The lowest BCUT2D eigenvalue weighted by atomic mass is 9.97. The van der Waals surface area contributed by atoms with Gasteiger partial charge in [0.15, 0.2) is 0 Å². The molecule has 2 aliphatic rings. The smallest absolute Gasteiger partial charge is 0.337 e. The first-order valence-corrected chi connectivity index (χ1v) is 7.27. The second-order valence-corrected chi connectivity index (χ2v) is 5.80. The Balaban J connectivity index is 1.68. The van der Waals surface area contributed by atoms with Gasteiger partial charge >= 0.3 is 5.97 Å². The Morgan fingerprint density at radius 2 is 2.20 bits per heavy atom. The summed E-state index contributed by atoms with van der Waals surface area (Å²) >= 11 is 0. The Labute approximate surface area is 118 Å². The van der Waals surface area contributed by atoms with Gasteiger partial charge in [0, 0.05) is 30.0 Å². The molecule has 2 saturated heterocycles. The second-order valence-electron chi connectivity index (χ2n) is 5.80. The van der Waals surface area contributed by atoms with E-state index in [1.54, 1.807) is 12.1 Å². The number of nitrogens with two attached hydrogens (primary N) is 1. The first-order chi connectivity index (χ1) is 9.63. The van der Waals surface area contributed by atoms with Crippen molar-refractivity contribution in [2.24, 2.45) is 0 Å². The van der Waals surface area contributed by atoms with Crippen LogP contribution in [0.25, 0.3) is 0 Å². The van der Waals surface area contributed by atoms with E-state index < -0.39 is 5.97 Å². The molecule has 0 saturated carbocycles. The van der Waals surface area contributed by atoms with Gasteiger partial charge in [0.1, 0.15) is 0 Å². The Morgan fingerprint density at radius 1 is 1.35 bits per heavy atom. The molecule has 2 atom stereocenters. The van der Waals surface area contributed by atoms with Crippen molar-refractivity contribution in [3.05, 3.63) is 23.8 Å². The van der Waals surface area contributed by atoms with Crippen LogP contribution in [0, 0.1) is 0 Å². The second kappa shape index (κ2) is 5.32. The van der Waals surface area contributed by atoms with Crippen LogP contribution in [0.5, 0.6) is 0 Å². The van der Waals surface area contributed by atoms with E-state index in [0.717, 1.165) is 25.1 Å². The molecule has 20 heavy (non-hydrogen) atoms. The molecular weight excluding hydrogens is 254 g/mol. The van der Waals surface area contributed by atoms with Gasteiger partial charge in [0.2, 0.25) is 0 Å². The van der Waals surface area contributed by atoms with Crippen LogP contribution in [-0.4, -0.2) is 41.1 Å². The number of piperidine rings is 1. The van der Waals surface area contributed by atoms with Gasteiger partial charge in [-0.05, 0) is 50.4 Å². The largest absolute Gasteiger partial charge is 0.478 e. The van der Waals surface area contributed by atoms with E-state index in [0.29, 0.717) is 17.8 Å². The van der Waals surface area contributed by atoms with Crippen LogP contribution in [0.15, 0.2) is 18.2 Å². The van der Waals surface area contributed by atoms with Crippen molar-refractivity contribution < 1.29 is 9.90 Å². The summed E-state index contributed by atoms with van der Waals surface area (Å²) < 4.78 is 0. The zero-order chi connectivity index (χ0) is 14.1. The summed E-state index contributed by atoms with van der Waals surface area (Å²) in [5.74, 6) is -0.975. The van der Waals surface area contributed by atoms with Crippen LogP contribution in [0.4, 0.5) is 11.4 Å². The molecule has 0 radical (unpaired) electrons. The van der Waals surface area contributed by atoms with Crippen molar-refractivity contribution in [2.45, 2.75) is 37.8 Å². The van der Waals surface area contributed by atoms with Crippen molar-refractivity contribution in [3.63, 3.8) is 0 Å². The molecule has 108 valence electrons. The number of carboxylic acids is 1. The highest BCUT2D eigenvalue weighted by molar-refractivity contribution is 5.94. The third-order valence-electron chi connectivity index (χ3n) is 4.47. The summed E-state index contributed by atoms with van der Waals surface area (Å²) in [4.78, 5) is 13.7. The number of hydrogen-bond acceptors (Lipinski definition) is 4. The maximum atomic E-state index is 11.1. The zero-order valence-corrected chi connectivity index (χ0v) is 11.5. The molecule has 2 heterocycles. The summed E-state index contributed by atoms with van der Waals surface area (Å²) in [6, 6.07) is 6.30. The predicted octanol–water partition coefficient (Wildman–Crippen LogP) is 2.01. The Kier molecular flexibility index (Phi) is 3.53. The number of nitrogens with zero attached hydrogens (tertiary/aromatic N) is 1. The average molecular weight is 275 g/mol. The van der Waals surface area contributed by atoms with E-state index in [4.69, 9.17) is 10.8 Å². The van der Waals surface area contributed by atoms with Crippen LogP contribution in [0.2, 0.25) is 0 Å². The van der Waals surface area contributed by atoms with E-state index in [9.17, 15) is 4.79 Å². The van der Waals surface area contributed by atoms with E-state index in [1.165, 1.54) is 19.4 Å². The number of carboxylic acid groups (broad SMARTS) is 1. The number of aromatic carboxylic acids is 1. The van der Waals surface area contributed by atoms with E-state index in [1.807, 2.05) is 6.07 Å². The third-order valence-corrected chi connectivity index (χ3v) is 4.47. The topological polar surface area (TPSA) is 78.6 Å². The lowest BCUT2D eigenvalue weighted by Gasteiger charge is -2.35. The minimum Gasteiger partial charge on any atom is -0.478 e. The van der Waals surface area contributed by atoms with Gasteiger partial charge in [-0.15, -0.1) is 0 Å². The number of carbonyl (C=O) groups is 1. The molecule has 5 heteroatoms. The van der Waals surface area contributed by atoms with Gasteiger partial charge in [-0.2, -0.15) is 0 Å². The maximum Gasteiger partial charge on any atom is 0.337 e. The first kappa shape index (κ1) is 13.2.